The van der Waals surface area contributed by atoms with Crippen molar-refractivity contribution in [3.05, 3.63) is 35.9 Å². The van der Waals surface area contributed by atoms with Gasteiger partial charge in [0, 0.05) is 32.1 Å². The van der Waals surface area contributed by atoms with E-state index in [2.05, 4.69) is 29.6 Å². The molecule has 0 aromatic heterocycles. The third-order valence-electron chi connectivity index (χ3n) is 5.20. The number of carbonyl (C=O) groups is 1. The Labute approximate surface area is 138 Å². The van der Waals surface area contributed by atoms with E-state index >= 15 is 0 Å². The van der Waals surface area contributed by atoms with E-state index in [0.29, 0.717) is 25.6 Å². The van der Waals surface area contributed by atoms with Crippen molar-refractivity contribution in [2.75, 3.05) is 19.6 Å². The van der Waals surface area contributed by atoms with Gasteiger partial charge in [0.15, 0.2) is 0 Å². The van der Waals surface area contributed by atoms with Gasteiger partial charge < -0.3 is 15.3 Å². The first-order chi connectivity index (χ1) is 11.2. The second-order valence-electron chi connectivity index (χ2n) is 7.00. The second kappa shape index (κ2) is 7.93. The van der Waals surface area contributed by atoms with Crippen LogP contribution in [-0.2, 0) is 4.79 Å². The van der Waals surface area contributed by atoms with Crippen molar-refractivity contribution in [3.63, 3.8) is 0 Å². The number of hydrogen-bond donors (Lipinski definition) is 2. The number of benzene rings is 1. The van der Waals surface area contributed by atoms with Crippen molar-refractivity contribution in [3.8, 4) is 0 Å². The van der Waals surface area contributed by atoms with Gasteiger partial charge in [-0.2, -0.15) is 0 Å². The maximum absolute atomic E-state index is 11.7. The fourth-order valence-corrected chi connectivity index (χ4v) is 3.58. The molecule has 1 saturated heterocycles. The molecule has 2 unspecified atom stereocenters. The highest BCUT2D eigenvalue weighted by atomic mass is 16.3. The highest BCUT2D eigenvalue weighted by molar-refractivity contribution is 5.78. The van der Waals surface area contributed by atoms with Crippen LogP contribution >= 0.6 is 0 Å². The van der Waals surface area contributed by atoms with E-state index in [1.165, 1.54) is 24.8 Å². The van der Waals surface area contributed by atoms with Crippen LogP contribution in [0, 0.1) is 5.92 Å². The molecule has 1 saturated carbocycles. The zero-order valence-electron chi connectivity index (χ0n) is 13.8. The van der Waals surface area contributed by atoms with Crippen LogP contribution in [-0.4, -0.2) is 41.7 Å². The first kappa shape index (κ1) is 16.5. The molecule has 1 aliphatic carbocycles. The molecule has 1 amide bonds. The lowest BCUT2D eigenvalue weighted by Gasteiger charge is -2.31. The number of β-amino-alcohol motifs (C(OH)–C–C–N with tert-alkyl or cyclic N) is 1. The number of nitrogens with one attached hydrogen (secondary N) is 1. The standard InChI is InChI=1S/C19H28N2O2/c22-17(14-21-11-5-10-19(21)23)13-20-18(12-15-6-4-7-15)16-8-2-1-3-9-16/h1-3,8-9,15,17-18,20,22H,4-7,10-14H2. The predicted octanol–water partition coefficient (Wildman–Crippen LogP) is 2.49. The zero-order valence-corrected chi connectivity index (χ0v) is 13.8. The molecule has 2 N–H and O–H groups in total. The predicted molar refractivity (Wildman–Crippen MR) is 91.0 cm³/mol. The Hall–Kier alpha value is -1.39. The first-order valence-electron chi connectivity index (χ1n) is 8.96. The van der Waals surface area contributed by atoms with Crippen molar-refractivity contribution in [2.24, 2.45) is 5.92 Å². The molecule has 0 bridgehead atoms. The number of aliphatic hydroxyl groups excluding tert-OH is 1. The summed E-state index contributed by atoms with van der Waals surface area (Å²) in [6.45, 7) is 1.78. The molecule has 4 nitrogen and oxygen atoms in total. The molecule has 1 aromatic rings. The summed E-state index contributed by atoms with van der Waals surface area (Å²) in [6.07, 6.45) is 6.21. The third kappa shape index (κ3) is 4.55. The van der Waals surface area contributed by atoms with Gasteiger partial charge in [0.05, 0.1) is 6.10 Å². The Morgan fingerprint density at radius 3 is 2.61 bits per heavy atom. The summed E-state index contributed by atoms with van der Waals surface area (Å²) in [5, 5.41) is 13.8. The Balaban J connectivity index is 1.52. The van der Waals surface area contributed by atoms with Crippen LogP contribution in [0.3, 0.4) is 0 Å². The molecule has 2 fully saturated rings. The Kier molecular flexibility index (Phi) is 5.68. The lowest BCUT2D eigenvalue weighted by molar-refractivity contribution is -0.128. The quantitative estimate of drug-likeness (QED) is 0.775. The van der Waals surface area contributed by atoms with Gasteiger partial charge >= 0.3 is 0 Å². The lowest BCUT2D eigenvalue weighted by Crippen LogP contribution is -2.40. The maximum atomic E-state index is 11.7. The zero-order chi connectivity index (χ0) is 16.1. The number of likely N-dealkylation sites (tertiary alicyclic amines) is 1. The fraction of sp³-hybridized carbons (Fsp3) is 0.632. The van der Waals surface area contributed by atoms with Crippen LogP contribution < -0.4 is 5.32 Å². The van der Waals surface area contributed by atoms with Crippen LogP contribution in [0.1, 0.15) is 50.1 Å². The van der Waals surface area contributed by atoms with Gasteiger partial charge in [-0.3, -0.25) is 4.79 Å². The van der Waals surface area contributed by atoms with Crippen molar-refractivity contribution < 1.29 is 9.90 Å². The van der Waals surface area contributed by atoms with E-state index in [0.717, 1.165) is 25.3 Å². The van der Waals surface area contributed by atoms with Crippen molar-refractivity contribution in [1.82, 2.24) is 10.2 Å². The first-order valence-corrected chi connectivity index (χ1v) is 8.96. The van der Waals surface area contributed by atoms with Crippen LogP contribution in [0.4, 0.5) is 0 Å². The minimum absolute atomic E-state index is 0.179. The van der Waals surface area contributed by atoms with Crippen molar-refractivity contribution in [2.45, 2.75) is 50.7 Å². The van der Waals surface area contributed by atoms with E-state index in [1.54, 1.807) is 4.90 Å². The molecule has 126 valence electrons. The summed E-state index contributed by atoms with van der Waals surface area (Å²) in [6, 6.07) is 10.8. The van der Waals surface area contributed by atoms with Gasteiger partial charge in [0.25, 0.3) is 0 Å². The Morgan fingerprint density at radius 2 is 2.00 bits per heavy atom. The molecule has 1 heterocycles. The molecule has 1 aromatic carbocycles. The number of rotatable bonds is 8. The van der Waals surface area contributed by atoms with E-state index in [-0.39, 0.29) is 5.91 Å². The molecule has 2 aliphatic rings. The van der Waals surface area contributed by atoms with Crippen LogP contribution in [0.2, 0.25) is 0 Å². The molecule has 0 spiro atoms. The highest BCUT2D eigenvalue weighted by Crippen LogP contribution is 2.34. The van der Waals surface area contributed by atoms with E-state index in [9.17, 15) is 9.90 Å². The molecule has 1 aliphatic heterocycles. The van der Waals surface area contributed by atoms with Crippen LogP contribution in [0.5, 0.6) is 0 Å². The summed E-state index contributed by atoms with van der Waals surface area (Å²) in [5.41, 5.74) is 1.30. The highest BCUT2D eigenvalue weighted by Gasteiger charge is 2.25. The topological polar surface area (TPSA) is 52.6 Å². The van der Waals surface area contributed by atoms with Gasteiger partial charge in [-0.1, -0.05) is 49.6 Å². The fourth-order valence-electron chi connectivity index (χ4n) is 3.58. The van der Waals surface area contributed by atoms with Crippen molar-refractivity contribution in [1.29, 1.82) is 0 Å². The molecular weight excluding hydrogens is 288 g/mol. The number of hydrogen-bond acceptors (Lipinski definition) is 3. The molecule has 3 rings (SSSR count). The molecule has 2 atom stereocenters. The summed E-state index contributed by atoms with van der Waals surface area (Å²) in [4.78, 5) is 13.4. The lowest BCUT2D eigenvalue weighted by atomic mass is 9.79. The summed E-state index contributed by atoms with van der Waals surface area (Å²) in [5.74, 6) is 0.989. The maximum Gasteiger partial charge on any atom is 0.222 e. The minimum Gasteiger partial charge on any atom is -0.390 e. The van der Waals surface area contributed by atoms with Gasteiger partial charge in [-0.15, -0.1) is 0 Å². The Bertz CT molecular complexity index is 501. The smallest absolute Gasteiger partial charge is 0.222 e. The largest absolute Gasteiger partial charge is 0.390 e. The number of aliphatic hydroxyl groups is 1. The Morgan fingerprint density at radius 1 is 1.22 bits per heavy atom. The number of nitrogens with zero attached hydrogens (tertiary/aromatic N) is 1. The van der Waals surface area contributed by atoms with Crippen LogP contribution in [0.15, 0.2) is 30.3 Å². The monoisotopic (exact) mass is 316 g/mol. The minimum atomic E-state index is -0.496. The van der Waals surface area contributed by atoms with Crippen LogP contribution in [0.25, 0.3) is 0 Å². The molecule has 0 radical (unpaired) electrons. The SMILES string of the molecule is O=C1CCCN1CC(O)CNC(CC1CCC1)c1ccccc1. The van der Waals surface area contributed by atoms with Crippen molar-refractivity contribution >= 4 is 5.91 Å². The van der Waals surface area contributed by atoms with Gasteiger partial charge in [-0.05, 0) is 24.3 Å². The number of carbonyl (C=O) groups excluding carboxylic acids is 1. The number of amides is 1. The second-order valence-corrected chi connectivity index (χ2v) is 7.00. The average Bonchev–Trinajstić information content (AvgIpc) is 2.91. The average molecular weight is 316 g/mol. The van der Waals surface area contributed by atoms with Gasteiger partial charge in [0.1, 0.15) is 0 Å². The summed E-state index contributed by atoms with van der Waals surface area (Å²) in [7, 11) is 0. The van der Waals surface area contributed by atoms with Gasteiger partial charge in [0.2, 0.25) is 5.91 Å². The summed E-state index contributed by atoms with van der Waals surface area (Å²) < 4.78 is 0. The molecule has 4 heteroatoms. The summed E-state index contributed by atoms with van der Waals surface area (Å²) >= 11 is 0. The molecule has 23 heavy (non-hydrogen) atoms. The third-order valence-corrected chi connectivity index (χ3v) is 5.20. The van der Waals surface area contributed by atoms with E-state index in [4.69, 9.17) is 0 Å². The van der Waals surface area contributed by atoms with E-state index < -0.39 is 6.10 Å². The van der Waals surface area contributed by atoms with E-state index in [1.807, 2.05) is 6.07 Å². The molecular formula is C19H28N2O2. The normalized spacial score (nSPS) is 21.3. The van der Waals surface area contributed by atoms with Gasteiger partial charge in [-0.25, -0.2) is 0 Å².